The fourth-order valence-corrected chi connectivity index (χ4v) is 1.45. The number of ether oxygens (including phenoxy) is 1. The molecule has 0 aliphatic carbocycles. The van der Waals surface area contributed by atoms with Gasteiger partial charge in [-0.25, -0.2) is 4.68 Å². The summed E-state index contributed by atoms with van der Waals surface area (Å²) in [6, 6.07) is 0. The van der Waals surface area contributed by atoms with E-state index in [1.165, 1.54) is 0 Å². The zero-order valence-corrected chi connectivity index (χ0v) is 9.43. The summed E-state index contributed by atoms with van der Waals surface area (Å²) in [6.07, 6.45) is 3.30. The van der Waals surface area contributed by atoms with Crippen LogP contribution in [-0.2, 0) is 17.9 Å². The van der Waals surface area contributed by atoms with Crippen molar-refractivity contribution in [2.75, 3.05) is 13.7 Å². The molecule has 90 valence electrons. The lowest BCUT2D eigenvalue weighted by Crippen LogP contribution is -2.07. The fraction of sp³-hybridized carbons (Fsp3) is 0.700. The molecule has 0 radical (unpaired) electrons. The van der Waals surface area contributed by atoms with Gasteiger partial charge >= 0.3 is 0 Å². The van der Waals surface area contributed by atoms with Crippen LogP contribution >= 0.6 is 0 Å². The maximum Gasteiger partial charge on any atom is 0.172 e. The lowest BCUT2D eigenvalue weighted by molar-refractivity contribution is 0.111. The maximum absolute atomic E-state index is 10.7. The minimum Gasteiger partial charge on any atom is -0.396 e. The van der Waals surface area contributed by atoms with Crippen molar-refractivity contribution in [2.45, 2.75) is 32.4 Å². The maximum atomic E-state index is 10.7. The fourth-order valence-electron chi connectivity index (χ4n) is 1.45. The second-order valence-electron chi connectivity index (χ2n) is 3.48. The smallest absolute Gasteiger partial charge is 0.172 e. The van der Waals surface area contributed by atoms with Crippen LogP contribution in [0, 0.1) is 0 Å². The molecule has 1 N–H and O–H groups in total. The topological polar surface area (TPSA) is 77.2 Å². The van der Waals surface area contributed by atoms with E-state index in [4.69, 9.17) is 9.84 Å². The first-order chi connectivity index (χ1) is 7.83. The zero-order valence-electron chi connectivity index (χ0n) is 9.43. The molecule has 1 heterocycles. The third-order valence-corrected chi connectivity index (χ3v) is 2.29. The second kappa shape index (κ2) is 7.08. The predicted octanol–water partition coefficient (Wildman–Crippen LogP) is 0.400. The molecule has 0 bridgehead atoms. The Labute approximate surface area is 94.2 Å². The molecule has 1 aromatic heterocycles. The summed E-state index contributed by atoms with van der Waals surface area (Å²) in [5.41, 5.74) is 1.05. The minimum atomic E-state index is 0.210. The zero-order chi connectivity index (χ0) is 11.8. The van der Waals surface area contributed by atoms with E-state index in [9.17, 15) is 4.79 Å². The monoisotopic (exact) mass is 227 g/mol. The molecule has 0 aliphatic rings. The molecule has 16 heavy (non-hydrogen) atoms. The number of nitrogens with zero attached hydrogens (tertiary/aromatic N) is 3. The quantitative estimate of drug-likeness (QED) is 0.514. The highest BCUT2D eigenvalue weighted by molar-refractivity contribution is 5.73. The average molecular weight is 227 g/mol. The molecule has 0 saturated heterocycles. The van der Waals surface area contributed by atoms with Crippen LogP contribution in [0.3, 0.4) is 0 Å². The standard InChI is InChI=1S/C10H17N3O3/c1-16-8-10-9(7-15)11-12-13(10)5-3-2-4-6-14/h7,14H,2-6,8H2,1H3. The van der Waals surface area contributed by atoms with E-state index >= 15 is 0 Å². The van der Waals surface area contributed by atoms with Gasteiger partial charge in [-0.15, -0.1) is 5.10 Å². The Bertz CT molecular complexity index is 325. The Balaban J connectivity index is 2.57. The normalized spacial score (nSPS) is 10.6. The van der Waals surface area contributed by atoms with E-state index < -0.39 is 0 Å². The van der Waals surface area contributed by atoms with Crippen LogP contribution in [0.15, 0.2) is 0 Å². The van der Waals surface area contributed by atoms with E-state index in [1.54, 1.807) is 11.8 Å². The molecule has 1 aromatic rings. The van der Waals surface area contributed by atoms with Crippen LogP contribution in [0.1, 0.15) is 35.4 Å². The first-order valence-corrected chi connectivity index (χ1v) is 5.30. The van der Waals surface area contributed by atoms with Gasteiger partial charge in [-0.05, 0) is 19.3 Å². The van der Waals surface area contributed by atoms with E-state index in [0.717, 1.165) is 19.3 Å². The number of unbranched alkanes of at least 4 members (excludes halogenated alkanes) is 2. The van der Waals surface area contributed by atoms with Crippen molar-refractivity contribution in [1.82, 2.24) is 15.0 Å². The summed E-state index contributed by atoms with van der Waals surface area (Å²) >= 11 is 0. The first kappa shape index (κ1) is 12.8. The Morgan fingerprint density at radius 1 is 1.44 bits per heavy atom. The van der Waals surface area contributed by atoms with Crippen LogP contribution in [-0.4, -0.2) is 40.1 Å². The molecule has 0 amide bonds. The third kappa shape index (κ3) is 3.39. The lowest BCUT2D eigenvalue weighted by Gasteiger charge is -2.05. The highest BCUT2D eigenvalue weighted by Gasteiger charge is 2.11. The van der Waals surface area contributed by atoms with Gasteiger partial charge < -0.3 is 9.84 Å². The van der Waals surface area contributed by atoms with Gasteiger partial charge in [-0.3, -0.25) is 4.79 Å². The van der Waals surface area contributed by atoms with Gasteiger partial charge in [0.05, 0.1) is 12.3 Å². The van der Waals surface area contributed by atoms with Crippen LogP contribution in [0.2, 0.25) is 0 Å². The SMILES string of the molecule is COCc1c(C=O)nnn1CCCCCO. The molecule has 0 fully saturated rings. The number of carbonyl (C=O) groups excluding carboxylic acids is 1. The predicted molar refractivity (Wildman–Crippen MR) is 57.1 cm³/mol. The number of aldehydes is 1. The number of carbonyl (C=O) groups is 1. The van der Waals surface area contributed by atoms with E-state index in [0.29, 0.717) is 30.8 Å². The number of aryl methyl sites for hydroxylation is 1. The van der Waals surface area contributed by atoms with Crippen molar-refractivity contribution < 1.29 is 14.6 Å². The minimum absolute atomic E-state index is 0.210. The molecular formula is C10H17N3O3. The molecule has 0 atom stereocenters. The molecule has 0 saturated carbocycles. The van der Waals surface area contributed by atoms with Gasteiger partial charge in [0, 0.05) is 20.3 Å². The molecule has 0 unspecified atom stereocenters. The Morgan fingerprint density at radius 3 is 2.88 bits per heavy atom. The molecule has 0 aromatic carbocycles. The van der Waals surface area contributed by atoms with Gasteiger partial charge in [0.2, 0.25) is 0 Å². The van der Waals surface area contributed by atoms with Gasteiger partial charge in [0.25, 0.3) is 0 Å². The number of methoxy groups -OCH3 is 1. The number of aromatic nitrogens is 3. The van der Waals surface area contributed by atoms with Gasteiger partial charge in [-0.2, -0.15) is 0 Å². The average Bonchev–Trinajstić information content (AvgIpc) is 2.68. The molecule has 0 aliphatic heterocycles. The van der Waals surface area contributed by atoms with Crippen LogP contribution < -0.4 is 0 Å². The number of rotatable bonds is 8. The van der Waals surface area contributed by atoms with Crippen molar-refractivity contribution >= 4 is 6.29 Å². The third-order valence-electron chi connectivity index (χ3n) is 2.29. The molecule has 1 rings (SSSR count). The van der Waals surface area contributed by atoms with Crippen molar-refractivity contribution in [3.63, 3.8) is 0 Å². The van der Waals surface area contributed by atoms with Crippen LogP contribution in [0.4, 0.5) is 0 Å². The van der Waals surface area contributed by atoms with Gasteiger partial charge in [0.15, 0.2) is 12.0 Å². The van der Waals surface area contributed by atoms with Gasteiger partial charge in [0.1, 0.15) is 0 Å². The number of aliphatic hydroxyl groups is 1. The Hall–Kier alpha value is -1.27. The summed E-state index contributed by atoms with van der Waals surface area (Å²) in [4.78, 5) is 10.7. The van der Waals surface area contributed by atoms with E-state index in [1.807, 2.05) is 0 Å². The highest BCUT2D eigenvalue weighted by atomic mass is 16.5. The van der Waals surface area contributed by atoms with Crippen LogP contribution in [0.5, 0.6) is 0 Å². The van der Waals surface area contributed by atoms with Gasteiger partial charge in [-0.1, -0.05) is 5.21 Å². The lowest BCUT2D eigenvalue weighted by atomic mass is 10.2. The summed E-state index contributed by atoms with van der Waals surface area (Å²) in [5.74, 6) is 0. The Kier molecular flexibility index (Phi) is 5.66. The summed E-state index contributed by atoms with van der Waals surface area (Å²) in [5, 5.41) is 16.3. The second-order valence-corrected chi connectivity index (χ2v) is 3.48. The first-order valence-electron chi connectivity index (χ1n) is 5.30. The largest absolute Gasteiger partial charge is 0.396 e. The van der Waals surface area contributed by atoms with Crippen molar-refractivity contribution in [2.24, 2.45) is 0 Å². The molecule has 6 nitrogen and oxygen atoms in total. The van der Waals surface area contributed by atoms with Crippen molar-refractivity contribution in [3.8, 4) is 0 Å². The molecular weight excluding hydrogens is 210 g/mol. The van der Waals surface area contributed by atoms with E-state index in [-0.39, 0.29) is 6.61 Å². The van der Waals surface area contributed by atoms with Crippen LogP contribution in [0.25, 0.3) is 0 Å². The summed E-state index contributed by atoms with van der Waals surface area (Å²) in [6.45, 7) is 1.24. The van der Waals surface area contributed by atoms with Crippen molar-refractivity contribution in [3.05, 3.63) is 11.4 Å². The highest BCUT2D eigenvalue weighted by Crippen LogP contribution is 2.07. The Morgan fingerprint density at radius 2 is 2.25 bits per heavy atom. The van der Waals surface area contributed by atoms with Crippen molar-refractivity contribution in [1.29, 1.82) is 0 Å². The number of aliphatic hydroxyl groups excluding tert-OH is 1. The number of hydrogen-bond acceptors (Lipinski definition) is 5. The van der Waals surface area contributed by atoms with E-state index in [2.05, 4.69) is 10.3 Å². The summed E-state index contributed by atoms with van der Waals surface area (Å²) in [7, 11) is 1.57. The molecule has 0 spiro atoms. The number of hydrogen-bond donors (Lipinski definition) is 1. The molecule has 6 heteroatoms. The summed E-state index contributed by atoms with van der Waals surface area (Å²) < 4.78 is 6.68.